The van der Waals surface area contributed by atoms with Crippen LogP contribution in [0.15, 0.2) is 40.8 Å². The lowest BCUT2D eigenvalue weighted by atomic mass is 9.99. The van der Waals surface area contributed by atoms with E-state index in [1.807, 2.05) is 0 Å². The van der Waals surface area contributed by atoms with Crippen LogP contribution in [0.5, 0.6) is 28.7 Å². The highest BCUT2D eigenvalue weighted by atomic mass is 16.7. The number of phenolic OH excluding ortho intramolecular Hbond substituents is 3. The van der Waals surface area contributed by atoms with Gasteiger partial charge in [-0.25, -0.2) is 4.42 Å². The molecule has 1 fully saturated rings. The molecule has 0 amide bonds. The summed E-state index contributed by atoms with van der Waals surface area (Å²) in [7, 11) is 1.36. The van der Waals surface area contributed by atoms with Gasteiger partial charge in [0.2, 0.25) is 12.0 Å². The molecule has 2 heterocycles. The molecular weight excluding hydrogens is 440 g/mol. The van der Waals surface area contributed by atoms with Crippen molar-refractivity contribution in [2.75, 3.05) is 13.7 Å². The Morgan fingerprint density at radius 1 is 0.909 bits per heavy atom. The fourth-order valence-corrected chi connectivity index (χ4v) is 3.58. The van der Waals surface area contributed by atoms with E-state index in [1.165, 1.54) is 37.4 Å². The summed E-state index contributed by atoms with van der Waals surface area (Å²) in [6.45, 7) is -0.644. The summed E-state index contributed by atoms with van der Waals surface area (Å²) >= 11 is 0. The van der Waals surface area contributed by atoms with Gasteiger partial charge in [0, 0.05) is 18.2 Å². The molecule has 2 aromatic carbocycles. The molecule has 11 heteroatoms. The third-order valence-corrected chi connectivity index (χ3v) is 5.35. The first-order chi connectivity index (χ1) is 15.7. The van der Waals surface area contributed by atoms with Crippen LogP contribution in [0.1, 0.15) is 0 Å². The fraction of sp³-hybridized carbons (Fsp3) is 0.318. The zero-order chi connectivity index (χ0) is 23.9. The summed E-state index contributed by atoms with van der Waals surface area (Å²) in [5, 5.41) is 70.0. The highest BCUT2D eigenvalue weighted by Gasteiger charge is 2.45. The average Bonchev–Trinajstić information content (AvgIpc) is 2.79. The number of aliphatic hydroxyl groups excluding tert-OH is 4. The summed E-state index contributed by atoms with van der Waals surface area (Å²) < 4.78 is 22.2. The summed E-state index contributed by atoms with van der Waals surface area (Å²) in [5.41, 5.74) is 0.449. The number of hydrogen-bond donors (Lipinski definition) is 7. The maximum Gasteiger partial charge on any atom is 0.402 e. The molecule has 1 unspecified atom stereocenters. The molecule has 176 valence electrons. The normalized spacial score (nSPS) is 25.2. The van der Waals surface area contributed by atoms with E-state index in [2.05, 4.69) is 0 Å². The van der Waals surface area contributed by atoms with E-state index in [9.17, 15) is 35.7 Å². The van der Waals surface area contributed by atoms with Crippen LogP contribution in [0, 0.1) is 0 Å². The Kier molecular flexibility index (Phi) is 6.15. The SMILES string of the molecule is COc1cc(-c2[o+]c3cc(O)cc(O)c3cc2OC2O[C@H](CO)[C@H](O)[C@H](O)[C@H]2O)ccc1O. The molecule has 1 aromatic heterocycles. The number of methoxy groups -OCH3 is 1. The van der Waals surface area contributed by atoms with Crippen molar-refractivity contribution in [2.24, 2.45) is 0 Å². The average molecular weight is 463 g/mol. The molecule has 1 aliphatic heterocycles. The fourth-order valence-electron chi connectivity index (χ4n) is 3.58. The van der Waals surface area contributed by atoms with Crippen LogP contribution >= 0.6 is 0 Å². The summed E-state index contributed by atoms with van der Waals surface area (Å²) in [4.78, 5) is 0. The van der Waals surface area contributed by atoms with Crippen molar-refractivity contribution in [3.63, 3.8) is 0 Å². The van der Waals surface area contributed by atoms with Gasteiger partial charge in [-0.15, -0.1) is 0 Å². The first-order valence-electron chi connectivity index (χ1n) is 9.91. The van der Waals surface area contributed by atoms with Gasteiger partial charge in [-0.05, 0) is 12.1 Å². The molecule has 7 N–H and O–H groups in total. The van der Waals surface area contributed by atoms with Gasteiger partial charge in [-0.2, -0.15) is 0 Å². The number of aromatic hydroxyl groups is 3. The highest BCUT2D eigenvalue weighted by Crippen LogP contribution is 2.42. The predicted octanol–water partition coefficient (Wildman–Crippen LogP) is 0.685. The standard InChI is InChI=1S/C22H22O11/c1-30-15-4-9(2-3-12(15)25)21-16(7-11-13(26)5-10(24)6-14(11)31-21)32-22-20(29)19(28)18(27)17(8-23)33-22/h2-7,17-20,22-23,27-29H,8H2,1H3,(H2-,24,25,26)/p+1/t17-,18+,19+,20-,22?/m1/s1. The van der Waals surface area contributed by atoms with Crippen molar-refractivity contribution in [3.8, 4) is 40.1 Å². The molecule has 3 aromatic rings. The molecule has 4 rings (SSSR count). The van der Waals surface area contributed by atoms with Crippen LogP contribution < -0.4 is 9.47 Å². The molecule has 11 nitrogen and oxygen atoms in total. The van der Waals surface area contributed by atoms with Crippen LogP contribution in [-0.2, 0) is 4.74 Å². The van der Waals surface area contributed by atoms with Crippen molar-refractivity contribution in [2.45, 2.75) is 30.7 Å². The third-order valence-electron chi connectivity index (χ3n) is 5.35. The largest absolute Gasteiger partial charge is 0.507 e. The predicted molar refractivity (Wildman–Crippen MR) is 112 cm³/mol. The molecule has 0 saturated carbocycles. The number of ether oxygens (including phenoxy) is 3. The summed E-state index contributed by atoms with van der Waals surface area (Å²) in [6.07, 6.45) is -7.65. The molecule has 1 saturated heterocycles. The third kappa shape index (κ3) is 4.19. The lowest BCUT2D eigenvalue weighted by molar-refractivity contribution is -0.277. The van der Waals surface area contributed by atoms with Gasteiger partial charge < -0.3 is 50.0 Å². The Hall–Kier alpha value is -3.35. The van der Waals surface area contributed by atoms with Crippen molar-refractivity contribution >= 4 is 11.0 Å². The maximum atomic E-state index is 10.4. The van der Waals surface area contributed by atoms with E-state index >= 15 is 0 Å². The Bertz CT molecular complexity index is 1160. The lowest BCUT2D eigenvalue weighted by Gasteiger charge is -2.39. The molecular formula is C22H23O11+. The second kappa shape index (κ2) is 8.89. The summed E-state index contributed by atoms with van der Waals surface area (Å²) in [6, 6.07) is 8.02. The van der Waals surface area contributed by atoms with Crippen LogP contribution in [0.3, 0.4) is 0 Å². The van der Waals surface area contributed by atoms with Gasteiger partial charge in [0.05, 0.1) is 25.3 Å². The minimum Gasteiger partial charge on any atom is -0.507 e. The monoisotopic (exact) mass is 463 g/mol. The number of benzene rings is 2. The first-order valence-corrected chi connectivity index (χ1v) is 9.91. The van der Waals surface area contributed by atoms with Gasteiger partial charge in [-0.1, -0.05) is 0 Å². The van der Waals surface area contributed by atoms with E-state index in [1.54, 1.807) is 0 Å². The van der Waals surface area contributed by atoms with Gasteiger partial charge in [0.15, 0.2) is 11.5 Å². The lowest BCUT2D eigenvalue weighted by Crippen LogP contribution is -2.60. The van der Waals surface area contributed by atoms with E-state index in [4.69, 9.17) is 18.6 Å². The van der Waals surface area contributed by atoms with Crippen molar-refractivity contribution < 1.29 is 54.4 Å². The Morgan fingerprint density at radius 3 is 2.36 bits per heavy atom. The first kappa shape index (κ1) is 22.8. The number of rotatable bonds is 5. The Morgan fingerprint density at radius 2 is 1.67 bits per heavy atom. The minimum absolute atomic E-state index is 0.0442. The van der Waals surface area contributed by atoms with Crippen LogP contribution in [-0.4, -0.2) is 80.2 Å². The molecule has 0 spiro atoms. The molecule has 0 aliphatic carbocycles. The second-order valence-corrected chi connectivity index (χ2v) is 7.52. The number of hydrogen-bond acceptors (Lipinski definition) is 10. The van der Waals surface area contributed by atoms with Crippen molar-refractivity contribution in [3.05, 3.63) is 36.4 Å². The number of fused-ring (bicyclic) bond motifs is 1. The molecule has 5 atom stereocenters. The van der Waals surface area contributed by atoms with E-state index in [0.29, 0.717) is 5.56 Å². The van der Waals surface area contributed by atoms with E-state index in [0.717, 1.165) is 6.07 Å². The van der Waals surface area contributed by atoms with Crippen molar-refractivity contribution in [1.29, 1.82) is 0 Å². The van der Waals surface area contributed by atoms with Crippen LogP contribution in [0.2, 0.25) is 0 Å². The van der Waals surface area contributed by atoms with Gasteiger partial charge in [-0.3, -0.25) is 0 Å². The number of aliphatic hydroxyl groups is 4. The van der Waals surface area contributed by atoms with E-state index < -0.39 is 37.3 Å². The van der Waals surface area contributed by atoms with Gasteiger partial charge >= 0.3 is 11.3 Å². The second-order valence-electron chi connectivity index (χ2n) is 7.52. The van der Waals surface area contributed by atoms with Gasteiger partial charge in [0.1, 0.15) is 41.3 Å². The Labute approximate surface area is 186 Å². The van der Waals surface area contributed by atoms with E-state index in [-0.39, 0.29) is 45.5 Å². The minimum atomic E-state index is -1.69. The maximum absolute atomic E-state index is 10.4. The highest BCUT2D eigenvalue weighted by molar-refractivity contribution is 5.88. The topological polar surface area (TPSA) is 181 Å². The quantitative estimate of drug-likeness (QED) is 0.264. The Balaban J connectivity index is 1.84. The van der Waals surface area contributed by atoms with Gasteiger partial charge in [0.25, 0.3) is 0 Å². The van der Waals surface area contributed by atoms with Crippen molar-refractivity contribution in [1.82, 2.24) is 0 Å². The zero-order valence-electron chi connectivity index (χ0n) is 17.3. The number of phenols is 3. The molecule has 1 aliphatic rings. The van der Waals surface area contributed by atoms with Crippen LogP contribution in [0.4, 0.5) is 0 Å². The molecule has 0 radical (unpaired) electrons. The summed E-state index contributed by atoms with van der Waals surface area (Å²) in [5.74, 6) is -0.583. The van der Waals surface area contributed by atoms with Crippen LogP contribution in [0.25, 0.3) is 22.3 Å². The smallest absolute Gasteiger partial charge is 0.402 e. The zero-order valence-corrected chi connectivity index (χ0v) is 17.3. The molecule has 33 heavy (non-hydrogen) atoms. The molecule has 0 bridgehead atoms.